The third-order valence-corrected chi connectivity index (χ3v) is 0.129. The van der Waals surface area contributed by atoms with Gasteiger partial charge in [0, 0.05) is 21.1 Å². The molecule has 0 aromatic carbocycles. The molecule has 0 heterocycles. The zero-order valence-electron chi connectivity index (χ0n) is 2.85. The second-order valence-corrected chi connectivity index (χ2v) is 0.471. The van der Waals surface area contributed by atoms with E-state index in [1.54, 1.807) is 0 Å². The number of rotatable bonds is 1. The van der Waals surface area contributed by atoms with Gasteiger partial charge in [0.25, 0.3) is 0 Å². The summed E-state index contributed by atoms with van der Waals surface area (Å²) in [4.78, 5) is 0. The fourth-order valence-corrected chi connectivity index (χ4v) is 0. The van der Waals surface area contributed by atoms with Gasteiger partial charge in [0.15, 0.2) is 0 Å². The molecule has 0 aliphatic rings. The molecular formula is C3H6OW. The van der Waals surface area contributed by atoms with Gasteiger partial charge < -0.3 is 5.11 Å². The Kier molecular flexibility index (Phi) is 16.0. The molecule has 0 spiro atoms. The van der Waals surface area contributed by atoms with Crippen molar-refractivity contribution in [1.82, 2.24) is 0 Å². The molecule has 1 N–H and O–H groups in total. The molecule has 1 nitrogen and oxygen atoms in total. The summed E-state index contributed by atoms with van der Waals surface area (Å²) >= 11 is 0. The van der Waals surface area contributed by atoms with E-state index in [-0.39, 0.29) is 27.7 Å². The first-order chi connectivity index (χ1) is 1.91. The quantitative estimate of drug-likeness (QED) is 0.649. The molecule has 0 radical (unpaired) electrons. The predicted molar refractivity (Wildman–Crippen MR) is 17.3 cm³/mol. The summed E-state index contributed by atoms with van der Waals surface area (Å²) in [6, 6.07) is 0. The molecule has 0 unspecified atom stereocenters. The number of hydrogen-bond donors (Lipinski definition) is 1. The van der Waals surface area contributed by atoms with Gasteiger partial charge in [-0.1, -0.05) is 6.08 Å². The van der Waals surface area contributed by atoms with Crippen molar-refractivity contribution in [1.29, 1.82) is 0 Å². The third-order valence-electron chi connectivity index (χ3n) is 0.129. The zero-order chi connectivity index (χ0) is 3.41. The Hall–Kier alpha value is 0.388. The van der Waals surface area contributed by atoms with Crippen LogP contribution >= 0.6 is 0 Å². The van der Waals surface area contributed by atoms with E-state index in [9.17, 15) is 0 Å². The van der Waals surface area contributed by atoms with E-state index < -0.39 is 0 Å². The van der Waals surface area contributed by atoms with Crippen LogP contribution < -0.4 is 0 Å². The molecule has 2 heteroatoms. The van der Waals surface area contributed by atoms with Crippen LogP contribution in [0.5, 0.6) is 0 Å². The molecular weight excluding hydrogens is 236 g/mol. The second-order valence-electron chi connectivity index (χ2n) is 0.471. The van der Waals surface area contributed by atoms with Gasteiger partial charge >= 0.3 is 0 Å². The maximum Gasteiger partial charge on any atom is 0.0609 e. The monoisotopic (exact) mass is 242 g/mol. The Labute approximate surface area is 46.0 Å². The van der Waals surface area contributed by atoms with E-state index in [0.717, 1.165) is 0 Å². The topological polar surface area (TPSA) is 20.2 Å². The SMILES string of the molecule is C=CCO.[W]. The first-order valence-electron chi connectivity index (χ1n) is 1.13. The van der Waals surface area contributed by atoms with Crippen LogP contribution in [0.3, 0.4) is 0 Å². The van der Waals surface area contributed by atoms with Crippen LogP contribution in [-0.2, 0) is 21.1 Å². The molecule has 0 amide bonds. The van der Waals surface area contributed by atoms with Crippen LogP contribution in [0.25, 0.3) is 0 Å². The summed E-state index contributed by atoms with van der Waals surface area (Å²) in [7, 11) is 0. The van der Waals surface area contributed by atoms with Crippen molar-refractivity contribution in [3.63, 3.8) is 0 Å². The fourth-order valence-electron chi connectivity index (χ4n) is 0. The van der Waals surface area contributed by atoms with Crippen LogP contribution in [-0.4, -0.2) is 11.7 Å². The molecule has 30 valence electrons. The second kappa shape index (κ2) is 8.83. The smallest absolute Gasteiger partial charge is 0.0609 e. The molecule has 0 saturated carbocycles. The minimum atomic E-state index is 0. The summed E-state index contributed by atoms with van der Waals surface area (Å²) in [5.41, 5.74) is 0. The Morgan fingerprint density at radius 3 is 2.00 bits per heavy atom. The Morgan fingerprint density at radius 2 is 2.00 bits per heavy atom. The largest absolute Gasteiger partial charge is 0.392 e. The first kappa shape index (κ1) is 9.04. The summed E-state index contributed by atoms with van der Waals surface area (Å²) in [6.07, 6.45) is 1.43. The van der Waals surface area contributed by atoms with Gasteiger partial charge in [-0.2, -0.15) is 0 Å². The average Bonchev–Trinajstić information content (AvgIpc) is 1.37. The van der Waals surface area contributed by atoms with Gasteiger partial charge in [-0.3, -0.25) is 0 Å². The van der Waals surface area contributed by atoms with E-state index in [1.807, 2.05) is 0 Å². The number of aliphatic hydroxyl groups is 1. The van der Waals surface area contributed by atoms with Crippen LogP contribution in [0.1, 0.15) is 0 Å². The van der Waals surface area contributed by atoms with E-state index >= 15 is 0 Å². The maximum atomic E-state index is 7.76. The van der Waals surface area contributed by atoms with Crippen LogP contribution in [0.2, 0.25) is 0 Å². The minimum Gasteiger partial charge on any atom is -0.392 e. The van der Waals surface area contributed by atoms with Crippen molar-refractivity contribution in [2.45, 2.75) is 0 Å². The Morgan fingerprint density at radius 1 is 1.80 bits per heavy atom. The van der Waals surface area contributed by atoms with Crippen molar-refractivity contribution in [3.8, 4) is 0 Å². The van der Waals surface area contributed by atoms with Crippen LogP contribution in [0.15, 0.2) is 12.7 Å². The van der Waals surface area contributed by atoms with E-state index in [4.69, 9.17) is 5.11 Å². The van der Waals surface area contributed by atoms with E-state index in [0.29, 0.717) is 0 Å². The number of aliphatic hydroxyl groups excluding tert-OH is 1. The van der Waals surface area contributed by atoms with Crippen LogP contribution in [0.4, 0.5) is 0 Å². The molecule has 0 aromatic rings. The molecule has 0 fully saturated rings. The Balaban J connectivity index is 0. The fraction of sp³-hybridized carbons (Fsp3) is 0.333. The van der Waals surface area contributed by atoms with Gasteiger partial charge in [0.2, 0.25) is 0 Å². The summed E-state index contributed by atoms with van der Waals surface area (Å²) < 4.78 is 0. The van der Waals surface area contributed by atoms with Gasteiger partial charge in [-0.05, 0) is 0 Å². The average molecular weight is 242 g/mol. The summed E-state index contributed by atoms with van der Waals surface area (Å²) in [6.45, 7) is 3.31. The molecule has 5 heavy (non-hydrogen) atoms. The maximum absolute atomic E-state index is 7.76. The normalized spacial score (nSPS) is 5.00. The minimum absolute atomic E-state index is 0. The van der Waals surface area contributed by atoms with Gasteiger partial charge in [0.05, 0.1) is 6.61 Å². The van der Waals surface area contributed by atoms with Gasteiger partial charge in [0.1, 0.15) is 0 Å². The molecule has 0 aliphatic heterocycles. The van der Waals surface area contributed by atoms with Gasteiger partial charge in [-0.25, -0.2) is 0 Å². The summed E-state index contributed by atoms with van der Waals surface area (Å²) in [5, 5.41) is 7.76. The van der Waals surface area contributed by atoms with E-state index in [2.05, 4.69) is 6.58 Å². The Bertz CT molecular complexity index is 20.9. The molecule has 0 bridgehead atoms. The molecule has 0 aromatic heterocycles. The van der Waals surface area contributed by atoms with Crippen molar-refractivity contribution in [2.24, 2.45) is 0 Å². The van der Waals surface area contributed by atoms with Crippen molar-refractivity contribution in [3.05, 3.63) is 12.7 Å². The van der Waals surface area contributed by atoms with Crippen molar-refractivity contribution < 1.29 is 26.2 Å². The molecule has 0 atom stereocenters. The van der Waals surface area contributed by atoms with E-state index in [1.165, 1.54) is 6.08 Å². The number of hydrogen-bond acceptors (Lipinski definition) is 1. The summed E-state index contributed by atoms with van der Waals surface area (Å²) in [5.74, 6) is 0. The molecule has 0 aliphatic carbocycles. The van der Waals surface area contributed by atoms with Crippen molar-refractivity contribution in [2.75, 3.05) is 6.61 Å². The zero-order valence-corrected chi connectivity index (χ0v) is 5.78. The van der Waals surface area contributed by atoms with Crippen LogP contribution in [0, 0.1) is 0 Å². The molecule has 0 saturated heterocycles. The predicted octanol–water partition coefficient (Wildman–Crippen LogP) is 0.162. The van der Waals surface area contributed by atoms with Crippen molar-refractivity contribution >= 4 is 0 Å². The standard InChI is InChI=1S/C3H6O.W/c1-2-3-4;/h2,4H,1,3H2;. The third kappa shape index (κ3) is 13.0. The first-order valence-corrected chi connectivity index (χ1v) is 1.13. The van der Waals surface area contributed by atoms with Gasteiger partial charge in [-0.15, -0.1) is 6.58 Å². The molecule has 0 rings (SSSR count).